The summed E-state index contributed by atoms with van der Waals surface area (Å²) in [7, 11) is 0. The number of hydrogen-bond acceptors (Lipinski definition) is 2. The van der Waals surface area contributed by atoms with Crippen molar-refractivity contribution in [3.8, 4) is 11.6 Å². The Morgan fingerprint density at radius 1 is 1.06 bits per heavy atom. The second kappa shape index (κ2) is 5.31. The van der Waals surface area contributed by atoms with Crippen LogP contribution in [-0.4, -0.2) is 4.98 Å². The van der Waals surface area contributed by atoms with Crippen molar-refractivity contribution in [3.63, 3.8) is 0 Å². The lowest BCUT2D eigenvalue weighted by Gasteiger charge is -2.04. The summed E-state index contributed by atoms with van der Waals surface area (Å²) in [5.41, 5.74) is 1.25. The predicted octanol–water partition coefficient (Wildman–Crippen LogP) is 3.83. The van der Waals surface area contributed by atoms with E-state index >= 15 is 0 Å². The van der Waals surface area contributed by atoms with Crippen molar-refractivity contribution in [1.82, 2.24) is 4.98 Å². The van der Waals surface area contributed by atoms with Crippen molar-refractivity contribution < 1.29 is 4.74 Å². The normalized spacial score (nSPS) is 10.1. The summed E-state index contributed by atoms with van der Waals surface area (Å²) in [6, 6.07) is 13.7. The highest BCUT2D eigenvalue weighted by molar-refractivity contribution is 5.27. The van der Waals surface area contributed by atoms with Gasteiger partial charge in [0.1, 0.15) is 5.75 Å². The van der Waals surface area contributed by atoms with Gasteiger partial charge in [-0.25, -0.2) is 4.98 Å². The first-order valence-electron chi connectivity index (χ1n) is 5.56. The highest BCUT2D eigenvalue weighted by Gasteiger charge is 1.97. The van der Waals surface area contributed by atoms with E-state index in [1.165, 1.54) is 5.56 Å². The van der Waals surface area contributed by atoms with E-state index in [0.717, 1.165) is 18.6 Å². The Labute approximate surface area is 95.9 Å². The van der Waals surface area contributed by atoms with Crippen LogP contribution in [0.3, 0.4) is 0 Å². The van der Waals surface area contributed by atoms with Crippen LogP contribution < -0.4 is 4.74 Å². The van der Waals surface area contributed by atoms with E-state index in [2.05, 4.69) is 18.0 Å². The molecular formula is C14H15NO. The summed E-state index contributed by atoms with van der Waals surface area (Å²) in [5.74, 6) is 1.46. The second-order valence-corrected chi connectivity index (χ2v) is 3.67. The standard InChI is InChI=1S/C14H15NO/c1-2-6-12-9-10-14(15-11-12)16-13-7-4-3-5-8-13/h3-5,7-11H,2,6H2,1H3. The number of nitrogens with zero attached hydrogens (tertiary/aromatic N) is 1. The number of ether oxygens (including phenoxy) is 1. The first kappa shape index (κ1) is 10.7. The lowest BCUT2D eigenvalue weighted by Crippen LogP contribution is -1.89. The van der Waals surface area contributed by atoms with E-state index in [1.54, 1.807) is 0 Å². The molecule has 0 amide bonds. The van der Waals surface area contributed by atoms with E-state index in [9.17, 15) is 0 Å². The van der Waals surface area contributed by atoms with E-state index in [4.69, 9.17) is 4.74 Å². The van der Waals surface area contributed by atoms with Gasteiger partial charge in [0, 0.05) is 12.3 Å². The lowest BCUT2D eigenvalue weighted by atomic mass is 10.2. The summed E-state index contributed by atoms with van der Waals surface area (Å²) in [4.78, 5) is 4.27. The van der Waals surface area contributed by atoms with Gasteiger partial charge in [0.05, 0.1) is 0 Å². The molecule has 16 heavy (non-hydrogen) atoms. The van der Waals surface area contributed by atoms with E-state index in [0.29, 0.717) is 5.88 Å². The minimum absolute atomic E-state index is 0.644. The topological polar surface area (TPSA) is 22.1 Å². The number of pyridine rings is 1. The molecule has 2 nitrogen and oxygen atoms in total. The maximum absolute atomic E-state index is 5.60. The predicted molar refractivity (Wildman–Crippen MR) is 64.7 cm³/mol. The molecule has 1 aromatic carbocycles. The summed E-state index contributed by atoms with van der Waals surface area (Å²) >= 11 is 0. The maximum atomic E-state index is 5.60. The third kappa shape index (κ3) is 2.83. The zero-order valence-electron chi connectivity index (χ0n) is 9.39. The molecule has 0 fully saturated rings. The largest absolute Gasteiger partial charge is 0.439 e. The molecule has 0 atom stereocenters. The molecule has 0 radical (unpaired) electrons. The van der Waals surface area contributed by atoms with Crippen molar-refractivity contribution in [3.05, 3.63) is 54.2 Å². The maximum Gasteiger partial charge on any atom is 0.219 e. The first-order chi connectivity index (χ1) is 7.88. The zero-order valence-corrected chi connectivity index (χ0v) is 9.39. The molecular weight excluding hydrogens is 198 g/mol. The smallest absolute Gasteiger partial charge is 0.219 e. The van der Waals surface area contributed by atoms with Crippen molar-refractivity contribution in [2.24, 2.45) is 0 Å². The van der Waals surface area contributed by atoms with Gasteiger partial charge in [-0.1, -0.05) is 37.6 Å². The zero-order chi connectivity index (χ0) is 11.2. The van der Waals surface area contributed by atoms with Gasteiger partial charge >= 0.3 is 0 Å². The third-order valence-electron chi connectivity index (χ3n) is 2.30. The summed E-state index contributed by atoms with van der Waals surface area (Å²) in [6.45, 7) is 2.16. The van der Waals surface area contributed by atoms with Crippen molar-refractivity contribution in [2.75, 3.05) is 0 Å². The molecule has 0 saturated heterocycles. The lowest BCUT2D eigenvalue weighted by molar-refractivity contribution is 0.462. The summed E-state index contributed by atoms with van der Waals surface area (Å²) < 4.78 is 5.60. The molecule has 0 spiro atoms. The average molecular weight is 213 g/mol. The third-order valence-corrected chi connectivity index (χ3v) is 2.30. The highest BCUT2D eigenvalue weighted by atomic mass is 16.5. The van der Waals surface area contributed by atoms with Gasteiger partial charge < -0.3 is 4.74 Å². The average Bonchev–Trinajstić information content (AvgIpc) is 2.33. The fourth-order valence-corrected chi connectivity index (χ4v) is 1.52. The highest BCUT2D eigenvalue weighted by Crippen LogP contribution is 2.18. The fraction of sp³-hybridized carbons (Fsp3) is 0.214. The van der Waals surface area contributed by atoms with E-state index in [1.807, 2.05) is 42.6 Å². The first-order valence-corrected chi connectivity index (χ1v) is 5.56. The van der Waals surface area contributed by atoms with Crippen molar-refractivity contribution in [1.29, 1.82) is 0 Å². The molecule has 0 unspecified atom stereocenters. The minimum atomic E-state index is 0.644. The fourth-order valence-electron chi connectivity index (χ4n) is 1.52. The van der Waals surface area contributed by atoms with Gasteiger partial charge in [-0.2, -0.15) is 0 Å². The van der Waals surface area contributed by atoms with Gasteiger partial charge in [-0.05, 0) is 24.1 Å². The summed E-state index contributed by atoms with van der Waals surface area (Å²) in [5, 5.41) is 0. The van der Waals surface area contributed by atoms with Crippen LogP contribution in [0, 0.1) is 0 Å². The molecule has 0 aliphatic rings. The van der Waals surface area contributed by atoms with Crippen LogP contribution in [0.1, 0.15) is 18.9 Å². The van der Waals surface area contributed by atoms with Crippen LogP contribution in [0.4, 0.5) is 0 Å². The molecule has 2 rings (SSSR count). The quantitative estimate of drug-likeness (QED) is 0.770. The van der Waals surface area contributed by atoms with Crippen LogP contribution in [-0.2, 0) is 6.42 Å². The molecule has 1 heterocycles. The Morgan fingerprint density at radius 3 is 2.50 bits per heavy atom. The van der Waals surface area contributed by atoms with Crippen LogP contribution >= 0.6 is 0 Å². The van der Waals surface area contributed by atoms with Crippen molar-refractivity contribution in [2.45, 2.75) is 19.8 Å². The number of rotatable bonds is 4. The van der Waals surface area contributed by atoms with Crippen LogP contribution in [0.25, 0.3) is 0 Å². The number of hydrogen-bond donors (Lipinski definition) is 0. The molecule has 1 aromatic heterocycles. The van der Waals surface area contributed by atoms with Crippen molar-refractivity contribution >= 4 is 0 Å². The van der Waals surface area contributed by atoms with Gasteiger partial charge in [-0.15, -0.1) is 0 Å². The van der Waals surface area contributed by atoms with Gasteiger partial charge in [0.25, 0.3) is 0 Å². The van der Waals surface area contributed by atoms with Gasteiger partial charge in [-0.3, -0.25) is 0 Å². The number of aromatic nitrogens is 1. The Bertz CT molecular complexity index is 422. The number of aryl methyl sites for hydroxylation is 1. The molecule has 2 aromatic rings. The molecule has 2 heteroatoms. The number of benzene rings is 1. The van der Waals surface area contributed by atoms with Crippen LogP contribution in [0.15, 0.2) is 48.7 Å². The SMILES string of the molecule is CCCc1ccc(Oc2ccccc2)nc1. The molecule has 0 N–H and O–H groups in total. The molecule has 0 aliphatic carbocycles. The van der Waals surface area contributed by atoms with E-state index in [-0.39, 0.29) is 0 Å². The van der Waals surface area contributed by atoms with Gasteiger partial charge in [0.15, 0.2) is 0 Å². The minimum Gasteiger partial charge on any atom is -0.439 e. The van der Waals surface area contributed by atoms with Crippen LogP contribution in [0.5, 0.6) is 11.6 Å². The molecule has 0 aliphatic heterocycles. The Hall–Kier alpha value is -1.83. The van der Waals surface area contributed by atoms with Crippen LogP contribution in [0.2, 0.25) is 0 Å². The monoisotopic (exact) mass is 213 g/mol. The molecule has 82 valence electrons. The molecule has 0 bridgehead atoms. The Balaban J connectivity index is 2.05. The Kier molecular flexibility index (Phi) is 3.54. The van der Waals surface area contributed by atoms with E-state index < -0.39 is 0 Å². The second-order valence-electron chi connectivity index (χ2n) is 3.67. The Morgan fingerprint density at radius 2 is 1.88 bits per heavy atom. The van der Waals surface area contributed by atoms with Gasteiger partial charge in [0.2, 0.25) is 5.88 Å². The number of para-hydroxylation sites is 1. The molecule has 0 saturated carbocycles. The summed E-state index contributed by atoms with van der Waals surface area (Å²) in [6.07, 6.45) is 4.08.